The second-order valence-corrected chi connectivity index (χ2v) is 6.74. The molecule has 0 amide bonds. The zero-order valence-electron chi connectivity index (χ0n) is 8.26. The maximum atomic E-state index is 12.5. The molecule has 0 aromatic heterocycles. The van der Waals surface area contributed by atoms with Crippen LogP contribution < -0.4 is 4.43 Å². The predicted octanol–water partition coefficient (Wildman–Crippen LogP) is 3.55. The van der Waals surface area contributed by atoms with E-state index in [4.69, 9.17) is 0 Å². The van der Waals surface area contributed by atoms with Gasteiger partial charge in [0.2, 0.25) is 0 Å². The maximum absolute atomic E-state index is 12.5. The monoisotopic (exact) mass is 256 g/mol. The Morgan fingerprint density at radius 3 is 2.00 bits per heavy atom. The Hall–Kier alpha value is -1.11. The molecule has 0 aliphatic heterocycles. The van der Waals surface area contributed by atoms with Crippen LogP contribution in [0, 0.1) is 0 Å². The zero-order chi connectivity index (χ0) is 12.4. The predicted molar refractivity (Wildman–Crippen MR) is 50.7 cm³/mol. The number of alkyl halides is 5. The van der Waals surface area contributed by atoms with Crippen molar-refractivity contribution < 1.29 is 26.4 Å². The Balaban J connectivity index is 2.98. The molecule has 16 heavy (non-hydrogen) atoms. The normalized spacial score (nSPS) is 15.9. The fraction of sp³-hybridized carbons (Fsp3) is 0.333. The molecule has 0 radical (unpaired) electrons. The molecule has 1 rings (SSSR count). The lowest BCUT2D eigenvalue weighted by Gasteiger charge is -2.28. The summed E-state index contributed by atoms with van der Waals surface area (Å²) in [5, 5.41) is 0. The van der Waals surface area contributed by atoms with Gasteiger partial charge in [0.25, 0.3) is 6.05 Å². The van der Waals surface area contributed by atoms with Gasteiger partial charge in [-0.1, -0.05) is 18.2 Å². The molecule has 0 saturated carbocycles. The molecule has 0 N–H and O–H groups in total. The Labute approximate surface area is 90.0 Å². The van der Waals surface area contributed by atoms with Gasteiger partial charge in [0, 0.05) is 0 Å². The molecule has 1 aromatic rings. The Morgan fingerprint density at radius 1 is 1.12 bits per heavy atom. The minimum absolute atomic E-state index is 0.186. The minimum Gasteiger partial charge on any atom is -0.530 e. The molecule has 0 aliphatic rings. The molecule has 7 heteroatoms. The summed E-state index contributed by atoms with van der Waals surface area (Å²) in [5.74, 6) is -5.19. The van der Waals surface area contributed by atoms with E-state index in [9.17, 15) is 22.0 Å². The van der Waals surface area contributed by atoms with Gasteiger partial charge in [-0.25, -0.2) is 8.78 Å². The molecular weight excluding hydrogens is 247 g/mol. The van der Waals surface area contributed by atoms with Crippen molar-refractivity contribution >= 4 is 8.32 Å². The molecule has 0 aliphatic carbocycles. The van der Waals surface area contributed by atoms with Crippen molar-refractivity contribution in [1.29, 1.82) is 0 Å². The van der Waals surface area contributed by atoms with E-state index < -0.39 is 20.2 Å². The molecule has 0 bridgehead atoms. The van der Waals surface area contributed by atoms with Gasteiger partial charge in [-0.05, 0) is 18.7 Å². The van der Waals surface area contributed by atoms with E-state index in [1.807, 2.05) is 0 Å². The van der Waals surface area contributed by atoms with Crippen molar-refractivity contribution in [1.82, 2.24) is 0 Å². The van der Waals surface area contributed by atoms with E-state index >= 15 is 0 Å². The molecule has 0 spiro atoms. The van der Waals surface area contributed by atoms with Gasteiger partial charge in [0.1, 0.15) is 5.75 Å². The molecule has 1 atom stereocenters. The third-order valence-electron chi connectivity index (χ3n) is 2.05. The quantitative estimate of drug-likeness (QED) is 0.593. The van der Waals surface area contributed by atoms with Crippen LogP contribution in [0.15, 0.2) is 30.3 Å². The first-order chi connectivity index (χ1) is 7.27. The smallest absolute Gasteiger partial charge is 0.435 e. The highest BCUT2D eigenvalue weighted by atomic mass is 28.4. The average molecular weight is 256 g/mol. The van der Waals surface area contributed by atoms with Crippen LogP contribution in [0.5, 0.6) is 5.75 Å². The largest absolute Gasteiger partial charge is 0.530 e. The topological polar surface area (TPSA) is 9.23 Å². The van der Waals surface area contributed by atoms with E-state index in [-0.39, 0.29) is 5.75 Å². The van der Waals surface area contributed by atoms with Crippen molar-refractivity contribution in [2.24, 2.45) is 0 Å². The number of halogens is 5. The molecule has 0 saturated heterocycles. The Morgan fingerprint density at radius 2 is 1.62 bits per heavy atom. The van der Waals surface area contributed by atoms with Gasteiger partial charge in [0.05, 0.1) is 0 Å². The Kier molecular flexibility index (Phi) is 3.56. The first-order valence-corrected chi connectivity index (χ1v) is 6.85. The maximum Gasteiger partial charge on any atom is 0.435 e. The average Bonchev–Trinajstić information content (AvgIpc) is 2.17. The number of benzene rings is 1. The van der Waals surface area contributed by atoms with E-state index in [1.54, 1.807) is 6.07 Å². The molecule has 1 unspecified atom stereocenters. The number of hydrogen-bond acceptors (Lipinski definition) is 1. The van der Waals surface area contributed by atoms with Crippen LogP contribution in [0.1, 0.15) is 0 Å². The molecule has 90 valence electrons. The van der Waals surface area contributed by atoms with Gasteiger partial charge in [0.15, 0.2) is 0 Å². The summed E-state index contributed by atoms with van der Waals surface area (Å²) in [6, 6.07) is 3.33. The Bertz CT molecular complexity index is 340. The van der Waals surface area contributed by atoms with Crippen LogP contribution in [-0.4, -0.2) is 20.2 Å². The first-order valence-electron chi connectivity index (χ1n) is 4.36. The van der Waals surface area contributed by atoms with Gasteiger partial charge in [-0.2, -0.15) is 13.2 Å². The van der Waals surface area contributed by atoms with Crippen LogP contribution in [0.25, 0.3) is 0 Å². The molecule has 1 aromatic carbocycles. The highest BCUT2D eigenvalue weighted by Crippen LogP contribution is 2.35. The molecular formula is C9H9F5OSi. The van der Waals surface area contributed by atoms with Crippen LogP contribution in [-0.2, 0) is 0 Å². The van der Waals surface area contributed by atoms with E-state index in [0.717, 1.165) is 0 Å². The van der Waals surface area contributed by atoms with E-state index in [1.165, 1.54) is 24.3 Å². The summed E-state index contributed by atoms with van der Waals surface area (Å²) in [6.45, 7) is 0.463. The van der Waals surface area contributed by atoms with Crippen molar-refractivity contribution in [3.8, 4) is 5.75 Å². The number of hydrogen-bond donors (Lipinski definition) is 0. The third kappa shape index (κ3) is 2.52. The summed E-state index contributed by atoms with van der Waals surface area (Å²) in [6.07, 6.45) is 0. The fourth-order valence-corrected chi connectivity index (χ4v) is 2.04. The first kappa shape index (κ1) is 13.0. The summed E-state index contributed by atoms with van der Waals surface area (Å²) in [4.78, 5) is 0. The van der Waals surface area contributed by atoms with Crippen LogP contribution in [0.4, 0.5) is 22.0 Å². The number of rotatable bonds is 3. The summed E-state index contributed by atoms with van der Waals surface area (Å²) in [5.41, 5.74) is 0. The lowest BCUT2D eigenvalue weighted by molar-refractivity contribution is -0.0769. The molecule has 0 fully saturated rings. The van der Waals surface area contributed by atoms with Crippen LogP contribution in [0.3, 0.4) is 0 Å². The van der Waals surface area contributed by atoms with E-state index in [2.05, 4.69) is 4.43 Å². The zero-order valence-corrected chi connectivity index (χ0v) is 9.26. The van der Waals surface area contributed by atoms with Crippen LogP contribution >= 0.6 is 0 Å². The highest BCUT2D eigenvalue weighted by Gasteiger charge is 2.65. The summed E-state index contributed by atoms with van der Waals surface area (Å²) >= 11 is 0. The third-order valence-corrected chi connectivity index (χ3v) is 4.67. The second-order valence-electron chi connectivity index (χ2n) is 3.32. The fourth-order valence-electron chi connectivity index (χ4n) is 0.959. The minimum atomic E-state index is -5.10. The van der Waals surface area contributed by atoms with Crippen LogP contribution in [0.2, 0.25) is 6.55 Å². The number of para-hydroxylation sites is 1. The summed E-state index contributed by atoms with van der Waals surface area (Å²) < 4.78 is 66.9. The lowest BCUT2D eigenvalue weighted by Crippen LogP contribution is -2.59. The summed E-state index contributed by atoms with van der Waals surface area (Å²) in [7, 11) is -5.10. The SMILES string of the molecule is C[Si](Oc1ccccc1)(C(F)F)C(F)(F)F. The highest BCUT2D eigenvalue weighted by molar-refractivity contribution is 6.75. The second kappa shape index (κ2) is 4.40. The standard InChI is InChI=1S/C9H9F5OSi/c1-16(8(10)11,9(12,13)14)15-7-5-3-2-4-6-7/h2-6,8H,1H3. The lowest BCUT2D eigenvalue weighted by atomic mass is 10.3. The van der Waals surface area contributed by atoms with Crippen molar-refractivity contribution in [2.45, 2.75) is 18.4 Å². The van der Waals surface area contributed by atoms with Gasteiger partial charge in [-0.3, -0.25) is 0 Å². The van der Waals surface area contributed by atoms with Gasteiger partial charge >= 0.3 is 14.1 Å². The van der Waals surface area contributed by atoms with Crippen molar-refractivity contribution in [3.05, 3.63) is 30.3 Å². The van der Waals surface area contributed by atoms with E-state index in [0.29, 0.717) is 6.55 Å². The van der Waals surface area contributed by atoms with Gasteiger partial charge in [-0.15, -0.1) is 0 Å². The molecule has 1 nitrogen and oxygen atoms in total. The van der Waals surface area contributed by atoms with Crippen molar-refractivity contribution in [3.63, 3.8) is 0 Å². The van der Waals surface area contributed by atoms with Gasteiger partial charge < -0.3 is 4.43 Å². The molecule has 0 heterocycles. The van der Waals surface area contributed by atoms with Crippen molar-refractivity contribution in [2.75, 3.05) is 0 Å².